The Bertz CT molecular complexity index is 588. The van der Waals surface area contributed by atoms with E-state index < -0.39 is 0 Å². The van der Waals surface area contributed by atoms with E-state index in [1.807, 2.05) is 30.3 Å². The molecule has 0 aliphatic carbocycles. The highest BCUT2D eigenvalue weighted by molar-refractivity contribution is 5.57. The SMILES string of the molecule is c1ccc(-c2ncc(-c3ncco3)cn2)cc1. The Balaban J connectivity index is 1.96. The van der Waals surface area contributed by atoms with Crippen LogP contribution in [0.5, 0.6) is 0 Å². The van der Waals surface area contributed by atoms with E-state index in [9.17, 15) is 0 Å². The second kappa shape index (κ2) is 4.17. The summed E-state index contributed by atoms with van der Waals surface area (Å²) < 4.78 is 5.17. The van der Waals surface area contributed by atoms with Crippen LogP contribution in [-0.2, 0) is 0 Å². The Hall–Kier alpha value is -2.49. The second-order valence-corrected chi connectivity index (χ2v) is 3.50. The van der Waals surface area contributed by atoms with Crippen molar-refractivity contribution >= 4 is 0 Å². The number of rotatable bonds is 2. The minimum atomic E-state index is 0.532. The monoisotopic (exact) mass is 223 g/mol. The van der Waals surface area contributed by atoms with Gasteiger partial charge >= 0.3 is 0 Å². The Morgan fingerprint density at radius 2 is 1.59 bits per heavy atom. The summed E-state index contributed by atoms with van der Waals surface area (Å²) in [6.45, 7) is 0. The zero-order chi connectivity index (χ0) is 11.5. The maximum absolute atomic E-state index is 5.17. The van der Waals surface area contributed by atoms with Crippen LogP contribution in [0.15, 0.2) is 59.6 Å². The lowest BCUT2D eigenvalue weighted by molar-refractivity contribution is 0.574. The Morgan fingerprint density at radius 3 is 2.24 bits per heavy atom. The van der Waals surface area contributed by atoms with Gasteiger partial charge in [0.15, 0.2) is 5.82 Å². The summed E-state index contributed by atoms with van der Waals surface area (Å²) in [5, 5.41) is 0. The quantitative estimate of drug-likeness (QED) is 0.670. The molecule has 0 amide bonds. The van der Waals surface area contributed by atoms with Gasteiger partial charge in [0.2, 0.25) is 5.89 Å². The molecule has 0 atom stereocenters. The highest BCUT2D eigenvalue weighted by Crippen LogP contribution is 2.18. The maximum atomic E-state index is 5.17. The molecule has 0 aliphatic heterocycles. The van der Waals surface area contributed by atoms with E-state index in [1.165, 1.54) is 6.26 Å². The molecule has 4 nitrogen and oxygen atoms in total. The van der Waals surface area contributed by atoms with Crippen molar-refractivity contribution < 1.29 is 4.42 Å². The Labute approximate surface area is 98.0 Å². The Morgan fingerprint density at radius 1 is 0.824 bits per heavy atom. The minimum Gasteiger partial charge on any atom is -0.444 e. The molecule has 3 rings (SSSR count). The standard InChI is InChI=1S/C13H9N3O/c1-2-4-10(5-3-1)12-15-8-11(9-16-12)13-14-6-7-17-13/h1-9H. The Kier molecular flexibility index (Phi) is 2.38. The summed E-state index contributed by atoms with van der Waals surface area (Å²) >= 11 is 0. The largest absolute Gasteiger partial charge is 0.444 e. The summed E-state index contributed by atoms with van der Waals surface area (Å²) in [6.07, 6.45) is 6.54. The molecule has 1 aromatic carbocycles. The maximum Gasteiger partial charge on any atom is 0.228 e. The lowest BCUT2D eigenvalue weighted by Gasteiger charge is -1.99. The molecule has 2 aromatic heterocycles. The highest BCUT2D eigenvalue weighted by atomic mass is 16.3. The first-order chi connectivity index (χ1) is 8.43. The van der Waals surface area contributed by atoms with E-state index in [0.29, 0.717) is 11.7 Å². The molecule has 0 saturated heterocycles. The molecule has 0 fully saturated rings. The average molecular weight is 223 g/mol. The van der Waals surface area contributed by atoms with Gasteiger partial charge in [-0.3, -0.25) is 0 Å². The van der Waals surface area contributed by atoms with Gasteiger partial charge < -0.3 is 4.42 Å². The van der Waals surface area contributed by atoms with E-state index in [0.717, 1.165) is 11.1 Å². The molecule has 0 saturated carbocycles. The predicted octanol–water partition coefficient (Wildman–Crippen LogP) is 2.80. The van der Waals surface area contributed by atoms with Gasteiger partial charge in [0.05, 0.1) is 11.8 Å². The van der Waals surface area contributed by atoms with Crippen molar-refractivity contribution in [1.29, 1.82) is 0 Å². The van der Waals surface area contributed by atoms with Crippen LogP contribution in [0, 0.1) is 0 Å². The van der Waals surface area contributed by atoms with Crippen LogP contribution in [-0.4, -0.2) is 15.0 Å². The number of benzene rings is 1. The third-order valence-electron chi connectivity index (χ3n) is 2.36. The number of nitrogens with zero attached hydrogens (tertiary/aromatic N) is 3. The van der Waals surface area contributed by atoms with Crippen molar-refractivity contribution in [3.63, 3.8) is 0 Å². The van der Waals surface area contributed by atoms with Gasteiger partial charge in [-0.15, -0.1) is 0 Å². The fraction of sp³-hybridized carbons (Fsp3) is 0. The summed E-state index contributed by atoms with van der Waals surface area (Å²) in [7, 11) is 0. The van der Waals surface area contributed by atoms with E-state index in [2.05, 4.69) is 15.0 Å². The minimum absolute atomic E-state index is 0.532. The first-order valence-corrected chi connectivity index (χ1v) is 5.21. The number of hydrogen-bond acceptors (Lipinski definition) is 4. The molecular formula is C13H9N3O. The smallest absolute Gasteiger partial charge is 0.228 e. The van der Waals surface area contributed by atoms with Gasteiger partial charge in [-0.1, -0.05) is 30.3 Å². The molecule has 0 bridgehead atoms. The van der Waals surface area contributed by atoms with Crippen LogP contribution in [0.25, 0.3) is 22.8 Å². The van der Waals surface area contributed by atoms with E-state index in [-0.39, 0.29) is 0 Å². The molecule has 3 aromatic rings. The van der Waals surface area contributed by atoms with Gasteiger partial charge in [0.1, 0.15) is 6.26 Å². The van der Waals surface area contributed by atoms with Gasteiger partial charge in [-0.05, 0) is 0 Å². The molecule has 4 heteroatoms. The van der Waals surface area contributed by atoms with E-state index in [4.69, 9.17) is 4.42 Å². The van der Waals surface area contributed by atoms with Gasteiger partial charge in [-0.2, -0.15) is 0 Å². The summed E-state index contributed by atoms with van der Waals surface area (Å²) in [5.41, 5.74) is 1.76. The van der Waals surface area contributed by atoms with Crippen LogP contribution >= 0.6 is 0 Å². The molecule has 82 valence electrons. The fourth-order valence-corrected chi connectivity index (χ4v) is 1.54. The zero-order valence-corrected chi connectivity index (χ0v) is 8.95. The molecule has 0 N–H and O–H groups in total. The first-order valence-electron chi connectivity index (χ1n) is 5.21. The highest BCUT2D eigenvalue weighted by Gasteiger charge is 2.05. The van der Waals surface area contributed by atoms with Gasteiger partial charge in [0.25, 0.3) is 0 Å². The van der Waals surface area contributed by atoms with Crippen LogP contribution < -0.4 is 0 Å². The fourth-order valence-electron chi connectivity index (χ4n) is 1.54. The molecular weight excluding hydrogens is 214 g/mol. The number of oxazole rings is 1. The molecule has 0 aliphatic rings. The summed E-state index contributed by atoms with van der Waals surface area (Å²) in [6, 6.07) is 9.83. The van der Waals surface area contributed by atoms with Gasteiger partial charge in [-0.25, -0.2) is 15.0 Å². The lowest BCUT2D eigenvalue weighted by atomic mass is 10.2. The molecule has 2 heterocycles. The topological polar surface area (TPSA) is 51.8 Å². The number of hydrogen-bond donors (Lipinski definition) is 0. The lowest BCUT2D eigenvalue weighted by Crippen LogP contribution is -1.89. The zero-order valence-electron chi connectivity index (χ0n) is 8.95. The van der Waals surface area contributed by atoms with Crippen LogP contribution in [0.1, 0.15) is 0 Å². The van der Waals surface area contributed by atoms with Crippen LogP contribution in [0.4, 0.5) is 0 Å². The van der Waals surface area contributed by atoms with Crippen LogP contribution in [0.2, 0.25) is 0 Å². The third kappa shape index (κ3) is 1.92. The first kappa shape index (κ1) is 9.72. The molecule has 0 radical (unpaired) electrons. The van der Waals surface area contributed by atoms with Crippen LogP contribution in [0.3, 0.4) is 0 Å². The molecule has 17 heavy (non-hydrogen) atoms. The summed E-state index contributed by atoms with van der Waals surface area (Å²) in [4.78, 5) is 12.6. The second-order valence-electron chi connectivity index (χ2n) is 3.50. The molecule has 0 unspecified atom stereocenters. The normalized spacial score (nSPS) is 10.4. The van der Waals surface area contributed by atoms with Gasteiger partial charge in [0, 0.05) is 18.0 Å². The molecule has 0 spiro atoms. The van der Waals surface area contributed by atoms with E-state index in [1.54, 1.807) is 18.6 Å². The predicted molar refractivity (Wildman–Crippen MR) is 63.0 cm³/mol. The van der Waals surface area contributed by atoms with Crippen molar-refractivity contribution in [2.24, 2.45) is 0 Å². The van der Waals surface area contributed by atoms with Crippen molar-refractivity contribution in [1.82, 2.24) is 15.0 Å². The van der Waals surface area contributed by atoms with Crippen molar-refractivity contribution in [2.75, 3.05) is 0 Å². The van der Waals surface area contributed by atoms with Crippen molar-refractivity contribution in [2.45, 2.75) is 0 Å². The van der Waals surface area contributed by atoms with Crippen molar-refractivity contribution in [3.05, 3.63) is 55.2 Å². The average Bonchev–Trinajstić information content (AvgIpc) is 2.94. The summed E-state index contributed by atoms with van der Waals surface area (Å²) in [5.74, 6) is 1.23. The third-order valence-corrected chi connectivity index (χ3v) is 2.36. The number of aromatic nitrogens is 3. The van der Waals surface area contributed by atoms with Crippen molar-refractivity contribution in [3.8, 4) is 22.8 Å². The van der Waals surface area contributed by atoms with E-state index >= 15 is 0 Å².